The first kappa shape index (κ1) is 22.7. The van der Waals surface area contributed by atoms with Crippen LogP contribution in [0.2, 0.25) is 0 Å². The number of aromatic nitrogens is 5. The third kappa shape index (κ3) is 3.84. The number of amides is 2. The van der Waals surface area contributed by atoms with Crippen molar-refractivity contribution in [2.24, 2.45) is 0 Å². The van der Waals surface area contributed by atoms with Crippen molar-refractivity contribution in [2.45, 2.75) is 30.3 Å². The normalized spacial score (nSPS) is 21.3. The third-order valence-corrected chi connectivity index (χ3v) is 7.01. The first-order valence-corrected chi connectivity index (χ1v) is 11.7. The molecule has 3 aliphatic rings. The molecule has 37 heavy (non-hydrogen) atoms. The molecular formula is C26H23N7O4. The number of carbonyl (C=O) groups excluding carboxylic acids is 2. The SMILES string of the molecule is C=CC(=O)NC12CC(n3cc(-c4ccc(NC(=O)c5cccc(-c6cnoc6)n5)c(OC)c4)nn3)(C1)C2. The summed E-state index contributed by atoms with van der Waals surface area (Å²) in [5.74, 6) is -0.0470. The Morgan fingerprint density at radius 1 is 1.16 bits per heavy atom. The van der Waals surface area contributed by atoms with Crippen LogP contribution in [-0.4, -0.2) is 49.6 Å². The number of benzene rings is 1. The Morgan fingerprint density at radius 2 is 2.00 bits per heavy atom. The van der Waals surface area contributed by atoms with Crippen molar-refractivity contribution in [3.8, 4) is 28.3 Å². The van der Waals surface area contributed by atoms with Crippen molar-refractivity contribution in [3.05, 3.63) is 73.4 Å². The molecular weight excluding hydrogens is 474 g/mol. The molecule has 3 aromatic heterocycles. The minimum Gasteiger partial charge on any atom is -0.495 e. The highest BCUT2D eigenvalue weighted by Crippen LogP contribution is 2.65. The maximum absolute atomic E-state index is 12.9. The van der Waals surface area contributed by atoms with Crippen LogP contribution in [0, 0.1) is 0 Å². The van der Waals surface area contributed by atoms with Crippen molar-refractivity contribution in [1.82, 2.24) is 30.5 Å². The molecule has 0 atom stereocenters. The van der Waals surface area contributed by atoms with Crippen LogP contribution in [0.5, 0.6) is 5.75 Å². The van der Waals surface area contributed by atoms with Crippen LogP contribution in [0.15, 0.2) is 72.2 Å². The largest absolute Gasteiger partial charge is 0.495 e. The summed E-state index contributed by atoms with van der Waals surface area (Å²) < 4.78 is 12.3. The lowest BCUT2D eigenvalue weighted by molar-refractivity contribution is -0.157. The molecule has 0 unspecified atom stereocenters. The number of anilines is 1. The maximum atomic E-state index is 12.9. The van der Waals surface area contributed by atoms with E-state index in [-0.39, 0.29) is 28.6 Å². The van der Waals surface area contributed by atoms with E-state index < -0.39 is 0 Å². The Kier molecular flexibility index (Phi) is 5.14. The molecule has 0 saturated heterocycles. The number of methoxy groups -OCH3 is 1. The molecule has 3 aliphatic carbocycles. The van der Waals surface area contributed by atoms with Gasteiger partial charge in [-0.25, -0.2) is 9.67 Å². The van der Waals surface area contributed by atoms with Gasteiger partial charge in [0.1, 0.15) is 23.4 Å². The summed E-state index contributed by atoms with van der Waals surface area (Å²) in [5, 5.41) is 18.3. The molecule has 2 N–H and O–H groups in total. The lowest BCUT2D eigenvalue weighted by atomic mass is 9.44. The van der Waals surface area contributed by atoms with Crippen LogP contribution in [-0.2, 0) is 10.3 Å². The molecule has 0 spiro atoms. The molecule has 0 radical (unpaired) electrons. The van der Waals surface area contributed by atoms with Gasteiger partial charge in [0.25, 0.3) is 5.91 Å². The Hall–Kier alpha value is -4.80. The van der Waals surface area contributed by atoms with Crippen LogP contribution < -0.4 is 15.4 Å². The standard InChI is InChI=1S/C26H23N7O4/c1-3-23(34)30-25-13-26(14-25,15-25)33-11-21(31-32-33)16-7-8-19(22(9-16)36-2)29-24(35)20-6-4-5-18(28-20)17-10-27-37-12-17/h3-12H,1,13-15H2,2H3,(H,29,35)(H,30,34). The highest BCUT2D eigenvalue weighted by atomic mass is 16.5. The number of hydrogen-bond acceptors (Lipinski definition) is 8. The van der Waals surface area contributed by atoms with Crippen molar-refractivity contribution in [3.63, 3.8) is 0 Å². The number of hydrogen-bond donors (Lipinski definition) is 2. The lowest BCUT2D eigenvalue weighted by Gasteiger charge is -2.69. The van der Waals surface area contributed by atoms with E-state index in [0.717, 1.165) is 24.8 Å². The molecule has 3 saturated carbocycles. The molecule has 11 heteroatoms. The zero-order chi connectivity index (χ0) is 25.6. The predicted molar refractivity (Wildman–Crippen MR) is 133 cm³/mol. The summed E-state index contributed by atoms with van der Waals surface area (Å²) in [4.78, 5) is 29.0. The summed E-state index contributed by atoms with van der Waals surface area (Å²) in [6.07, 6.45) is 8.68. The number of carbonyl (C=O) groups is 2. The molecule has 3 fully saturated rings. The van der Waals surface area contributed by atoms with Crippen molar-refractivity contribution in [1.29, 1.82) is 0 Å². The lowest BCUT2D eigenvalue weighted by Crippen LogP contribution is -2.78. The average molecular weight is 498 g/mol. The molecule has 2 amide bonds. The van der Waals surface area contributed by atoms with E-state index in [0.29, 0.717) is 28.4 Å². The summed E-state index contributed by atoms with van der Waals surface area (Å²) in [7, 11) is 1.54. The van der Waals surface area contributed by atoms with Gasteiger partial charge in [-0.05, 0) is 49.6 Å². The number of nitrogens with zero attached hydrogens (tertiary/aromatic N) is 5. The number of pyridine rings is 1. The molecule has 4 aromatic rings. The van der Waals surface area contributed by atoms with Crippen LogP contribution >= 0.6 is 0 Å². The third-order valence-electron chi connectivity index (χ3n) is 7.01. The summed E-state index contributed by atoms with van der Waals surface area (Å²) in [6, 6.07) is 10.6. The van der Waals surface area contributed by atoms with Gasteiger partial charge in [-0.15, -0.1) is 5.10 Å². The molecule has 186 valence electrons. The second-order valence-corrected chi connectivity index (χ2v) is 9.47. The van der Waals surface area contributed by atoms with E-state index in [1.165, 1.54) is 25.6 Å². The van der Waals surface area contributed by atoms with E-state index in [2.05, 4.69) is 37.7 Å². The van der Waals surface area contributed by atoms with Gasteiger partial charge in [-0.1, -0.05) is 29.1 Å². The fraction of sp³-hybridized carbons (Fsp3) is 0.231. The minimum atomic E-state index is -0.378. The van der Waals surface area contributed by atoms with Gasteiger partial charge >= 0.3 is 0 Å². The molecule has 3 heterocycles. The van der Waals surface area contributed by atoms with E-state index >= 15 is 0 Å². The summed E-state index contributed by atoms with van der Waals surface area (Å²) in [5.41, 5.74) is 3.24. The monoisotopic (exact) mass is 497 g/mol. The second kappa shape index (κ2) is 8.40. The fourth-order valence-corrected chi connectivity index (χ4v) is 5.24. The first-order chi connectivity index (χ1) is 17.9. The Labute approximate surface area is 211 Å². The van der Waals surface area contributed by atoms with E-state index in [1.807, 2.05) is 16.9 Å². The Balaban J connectivity index is 1.17. The zero-order valence-electron chi connectivity index (χ0n) is 20.0. The first-order valence-electron chi connectivity index (χ1n) is 11.7. The van der Waals surface area contributed by atoms with Crippen LogP contribution in [0.1, 0.15) is 29.8 Å². The van der Waals surface area contributed by atoms with Crippen molar-refractivity contribution in [2.75, 3.05) is 12.4 Å². The van der Waals surface area contributed by atoms with Crippen molar-refractivity contribution >= 4 is 17.5 Å². The van der Waals surface area contributed by atoms with E-state index in [4.69, 9.17) is 9.26 Å². The maximum Gasteiger partial charge on any atom is 0.274 e. The highest BCUT2D eigenvalue weighted by molar-refractivity contribution is 6.04. The van der Waals surface area contributed by atoms with Crippen LogP contribution in [0.25, 0.3) is 22.5 Å². The Morgan fingerprint density at radius 3 is 2.73 bits per heavy atom. The highest BCUT2D eigenvalue weighted by Gasteiger charge is 2.70. The molecule has 2 bridgehead atoms. The quantitative estimate of drug-likeness (QED) is 0.354. The Bertz CT molecular complexity index is 1510. The molecule has 0 aliphatic heterocycles. The summed E-state index contributed by atoms with van der Waals surface area (Å²) in [6.45, 7) is 3.52. The predicted octanol–water partition coefficient (Wildman–Crippen LogP) is 3.19. The van der Waals surface area contributed by atoms with Crippen LogP contribution in [0.4, 0.5) is 5.69 Å². The van der Waals surface area contributed by atoms with Crippen LogP contribution in [0.3, 0.4) is 0 Å². The van der Waals surface area contributed by atoms with E-state index in [1.54, 1.807) is 30.3 Å². The topological polar surface area (TPSA) is 137 Å². The van der Waals surface area contributed by atoms with Crippen molar-refractivity contribution < 1.29 is 18.8 Å². The zero-order valence-corrected chi connectivity index (χ0v) is 20.0. The number of nitrogens with one attached hydrogen (secondary N) is 2. The number of ether oxygens (including phenoxy) is 1. The smallest absolute Gasteiger partial charge is 0.274 e. The molecule has 1 aromatic carbocycles. The molecule has 11 nitrogen and oxygen atoms in total. The van der Waals surface area contributed by atoms with Gasteiger partial charge in [0, 0.05) is 11.1 Å². The fourth-order valence-electron chi connectivity index (χ4n) is 5.24. The minimum absolute atomic E-state index is 0.105. The van der Waals surface area contributed by atoms with E-state index in [9.17, 15) is 9.59 Å². The average Bonchev–Trinajstić information content (AvgIpc) is 3.58. The van der Waals surface area contributed by atoms with Gasteiger partial charge in [-0.2, -0.15) is 0 Å². The molecule has 7 rings (SSSR count). The van der Waals surface area contributed by atoms with Gasteiger partial charge in [0.2, 0.25) is 5.91 Å². The second-order valence-electron chi connectivity index (χ2n) is 9.47. The van der Waals surface area contributed by atoms with Gasteiger partial charge in [0.05, 0.1) is 42.0 Å². The summed E-state index contributed by atoms with van der Waals surface area (Å²) >= 11 is 0. The number of rotatable bonds is 8. The van der Waals surface area contributed by atoms with Gasteiger partial charge in [-0.3, -0.25) is 9.59 Å². The van der Waals surface area contributed by atoms with Gasteiger partial charge < -0.3 is 19.9 Å². The van der Waals surface area contributed by atoms with Gasteiger partial charge in [0.15, 0.2) is 0 Å².